The van der Waals surface area contributed by atoms with Gasteiger partial charge in [0, 0.05) is 11.6 Å². The molecule has 0 bridgehead atoms. The number of benzene rings is 1. The average molecular weight is 247 g/mol. The second kappa shape index (κ2) is 4.98. The summed E-state index contributed by atoms with van der Waals surface area (Å²) in [7, 11) is 0. The van der Waals surface area contributed by atoms with E-state index in [0.717, 1.165) is 17.9 Å². The molecule has 96 valence electrons. The van der Waals surface area contributed by atoms with Crippen LogP contribution in [0.2, 0.25) is 0 Å². The lowest BCUT2D eigenvalue weighted by Gasteiger charge is -2.23. The number of carbonyl (C=O) groups excluding carboxylic acids is 1. The molecule has 2 heterocycles. The molecule has 3 rings (SSSR count). The topological polar surface area (TPSA) is 47.6 Å². The summed E-state index contributed by atoms with van der Waals surface area (Å²) in [6.45, 7) is 2.14. The van der Waals surface area contributed by atoms with Gasteiger partial charge in [0.15, 0.2) is 0 Å². The van der Waals surface area contributed by atoms with Crippen molar-refractivity contribution in [2.75, 3.05) is 13.2 Å². The minimum absolute atomic E-state index is 0.231. The maximum Gasteiger partial charge on any atom is 0.338 e. The van der Waals surface area contributed by atoms with Crippen molar-refractivity contribution >= 4 is 5.97 Å². The third kappa shape index (κ3) is 2.34. The van der Waals surface area contributed by atoms with Crippen molar-refractivity contribution in [3.8, 4) is 5.75 Å². The van der Waals surface area contributed by atoms with E-state index in [1.54, 1.807) is 6.07 Å². The number of hydrogen-bond donors (Lipinski definition) is 1. The van der Waals surface area contributed by atoms with Crippen molar-refractivity contribution < 1.29 is 14.3 Å². The van der Waals surface area contributed by atoms with E-state index in [-0.39, 0.29) is 5.97 Å². The van der Waals surface area contributed by atoms with Gasteiger partial charge >= 0.3 is 5.97 Å². The first kappa shape index (κ1) is 11.5. The first-order chi connectivity index (χ1) is 8.83. The largest absolute Gasteiger partial charge is 0.492 e. The molecule has 0 spiro atoms. The monoisotopic (exact) mass is 247 g/mol. The lowest BCUT2D eigenvalue weighted by molar-refractivity contribution is 0.0535. The summed E-state index contributed by atoms with van der Waals surface area (Å²) in [5.74, 6) is 0.588. The van der Waals surface area contributed by atoms with Crippen LogP contribution in [0.1, 0.15) is 35.2 Å². The number of fused-ring (bicyclic) bond motifs is 1. The molecule has 1 saturated heterocycles. The van der Waals surface area contributed by atoms with Crippen molar-refractivity contribution in [3.05, 3.63) is 29.3 Å². The van der Waals surface area contributed by atoms with E-state index in [9.17, 15) is 4.79 Å². The molecule has 4 heteroatoms. The Labute approximate surface area is 106 Å². The molecule has 4 nitrogen and oxygen atoms in total. The summed E-state index contributed by atoms with van der Waals surface area (Å²) in [5, 5.41) is 3.44. The molecule has 0 radical (unpaired) electrons. The summed E-state index contributed by atoms with van der Waals surface area (Å²) in [6.07, 6.45) is 3.70. The van der Waals surface area contributed by atoms with Gasteiger partial charge in [-0.1, -0.05) is 6.42 Å². The highest BCUT2D eigenvalue weighted by Crippen LogP contribution is 2.24. The number of ether oxygens (including phenoxy) is 2. The fourth-order valence-corrected chi connectivity index (χ4v) is 2.46. The van der Waals surface area contributed by atoms with Crippen LogP contribution >= 0.6 is 0 Å². The third-order valence-corrected chi connectivity index (χ3v) is 3.52. The molecule has 2 aliphatic heterocycles. The second-order valence-corrected chi connectivity index (χ2v) is 4.85. The SMILES string of the molecule is O=C1OCc2cc(OC[C@H]3CCCCN3)ccc21. The molecule has 0 amide bonds. The standard InChI is InChI=1S/C14H17NO3/c16-14-13-5-4-12(7-10(13)8-18-14)17-9-11-3-1-2-6-15-11/h4-5,7,11,15H,1-3,6,8-9H2/t11-/m1/s1. The van der Waals surface area contributed by atoms with Crippen LogP contribution in [0.25, 0.3) is 0 Å². The van der Waals surface area contributed by atoms with Gasteiger partial charge in [-0.3, -0.25) is 0 Å². The van der Waals surface area contributed by atoms with E-state index in [0.29, 0.717) is 24.8 Å². The number of hydrogen-bond acceptors (Lipinski definition) is 4. The van der Waals surface area contributed by atoms with E-state index < -0.39 is 0 Å². The normalized spacial score (nSPS) is 22.4. The second-order valence-electron chi connectivity index (χ2n) is 4.85. The fourth-order valence-electron chi connectivity index (χ4n) is 2.46. The Morgan fingerprint density at radius 1 is 1.39 bits per heavy atom. The summed E-state index contributed by atoms with van der Waals surface area (Å²) < 4.78 is 10.7. The lowest BCUT2D eigenvalue weighted by Crippen LogP contribution is -2.38. The number of carbonyl (C=O) groups is 1. The molecular weight excluding hydrogens is 230 g/mol. The molecule has 0 aromatic heterocycles. The van der Waals surface area contributed by atoms with Crippen molar-refractivity contribution in [3.63, 3.8) is 0 Å². The van der Waals surface area contributed by atoms with Crippen LogP contribution in [0.5, 0.6) is 5.75 Å². The van der Waals surface area contributed by atoms with Crippen molar-refractivity contribution in [1.29, 1.82) is 0 Å². The summed E-state index contributed by atoms with van der Waals surface area (Å²) in [4.78, 5) is 11.3. The minimum atomic E-state index is -0.231. The van der Waals surface area contributed by atoms with Gasteiger partial charge in [-0.15, -0.1) is 0 Å². The molecule has 0 unspecified atom stereocenters. The van der Waals surface area contributed by atoms with E-state index in [4.69, 9.17) is 9.47 Å². The number of esters is 1. The van der Waals surface area contributed by atoms with Gasteiger partial charge in [0.1, 0.15) is 19.0 Å². The van der Waals surface area contributed by atoms with Gasteiger partial charge in [0.25, 0.3) is 0 Å². The van der Waals surface area contributed by atoms with E-state index >= 15 is 0 Å². The van der Waals surface area contributed by atoms with E-state index in [2.05, 4.69) is 5.32 Å². The van der Waals surface area contributed by atoms with Crippen LogP contribution < -0.4 is 10.1 Å². The Morgan fingerprint density at radius 3 is 3.17 bits per heavy atom. The molecule has 1 atom stereocenters. The van der Waals surface area contributed by atoms with Gasteiger partial charge in [-0.25, -0.2) is 4.79 Å². The van der Waals surface area contributed by atoms with Gasteiger partial charge in [0.2, 0.25) is 0 Å². The maximum atomic E-state index is 11.3. The highest BCUT2D eigenvalue weighted by molar-refractivity contribution is 5.93. The first-order valence-electron chi connectivity index (χ1n) is 6.49. The Balaban J connectivity index is 1.61. The van der Waals surface area contributed by atoms with Gasteiger partial charge in [-0.2, -0.15) is 0 Å². The molecule has 2 aliphatic rings. The number of rotatable bonds is 3. The van der Waals surface area contributed by atoms with Crippen LogP contribution in [-0.4, -0.2) is 25.2 Å². The van der Waals surface area contributed by atoms with Gasteiger partial charge in [-0.05, 0) is 37.6 Å². The molecule has 0 saturated carbocycles. The predicted octanol–water partition coefficient (Wildman–Crippen LogP) is 1.88. The Kier molecular flexibility index (Phi) is 3.19. The molecule has 18 heavy (non-hydrogen) atoms. The predicted molar refractivity (Wildman–Crippen MR) is 66.7 cm³/mol. The van der Waals surface area contributed by atoms with Crippen LogP contribution in [-0.2, 0) is 11.3 Å². The van der Waals surface area contributed by atoms with Crippen molar-refractivity contribution in [2.24, 2.45) is 0 Å². The number of nitrogens with one attached hydrogen (secondary N) is 1. The van der Waals surface area contributed by atoms with Crippen LogP contribution in [0, 0.1) is 0 Å². The zero-order valence-electron chi connectivity index (χ0n) is 10.3. The Bertz CT molecular complexity index is 452. The summed E-state index contributed by atoms with van der Waals surface area (Å²) in [5.41, 5.74) is 1.59. The van der Waals surface area contributed by atoms with Crippen LogP contribution in [0.15, 0.2) is 18.2 Å². The zero-order chi connectivity index (χ0) is 12.4. The highest BCUT2D eigenvalue weighted by atomic mass is 16.5. The lowest BCUT2D eigenvalue weighted by atomic mass is 10.1. The fraction of sp³-hybridized carbons (Fsp3) is 0.500. The molecule has 1 N–H and O–H groups in total. The average Bonchev–Trinajstić information content (AvgIpc) is 2.79. The van der Waals surface area contributed by atoms with Gasteiger partial charge in [0.05, 0.1) is 5.56 Å². The van der Waals surface area contributed by atoms with Gasteiger partial charge < -0.3 is 14.8 Å². The van der Waals surface area contributed by atoms with Crippen LogP contribution in [0.3, 0.4) is 0 Å². The molecular formula is C14H17NO3. The van der Waals surface area contributed by atoms with E-state index in [1.165, 1.54) is 19.3 Å². The summed E-state index contributed by atoms with van der Waals surface area (Å²) in [6, 6.07) is 5.98. The first-order valence-corrected chi connectivity index (χ1v) is 6.49. The highest BCUT2D eigenvalue weighted by Gasteiger charge is 2.21. The minimum Gasteiger partial charge on any atom is -0.492 e. The number of piperidine rings is 1. The Hall–Kier alpha value is -1.55. The summed E-state index contributed by atoms with van der Waals surface area (Å²) >= 11 is 0. The third-order valence-electron chi connectivity index (χ3n) is 3.52. The smallest absolute Gasteiger partial charge is 0.338 e. The molecule has 1 aromatic rings. The van der Waals surface area contributed by atoms with Crippen molar-refractivity contribution in [1.82, 2.24) is 5.32 Å². The molecule has 1 fully saturated rings. The zero-order valence-corrected chi connectivity index (χ0v) is 10.3. The van der Waals surface area contributed by atoms with Crippen molar-refractivity contribution in [2.45, 2.75) is 31.9 Å². The Morgan fingerprint density at radius 2 is 2.33 bits per heavy atom. The van der Waals surface area contributed by atoms with Crippen LogP contribution in [0.4, 0.5) is 0 Å². The molecule has 0 aliphatic carbocycles. The maximum absolute atomic E-state index is 11.3. The van der Waals surface area contributed by atoms with E-state index in [1.807, 2.05) is 12.1 Å². The number of cyclic esters (lactones) is 1. The molecule has 1 aromatic carbocycles. The quantitative estimate of drug-likeness (QED) is 0.828.